The van der Waals surface area contributed by atoms with Crippen LogP contribution in [-0.4, -0.2) is 26.3 Å². The average molecular weight is 566 g/mol. The van der Waals surface area contributed by atoms with Crippen molar-refractivity contribution in [2.45, 2.75) is 11.8 Å². The van der Waals surface area contributed by atoms with E-state index in [0.29, 0.717) is 0 Å². The number of hydrogen-bond donors (Lipinski definition) is 1. The molecule has 0 aliphatic carbocycles. The maximum atomic E-state index is 13.2. The number of rotatable bonds is 5. The molecule has 3 aromatic rings. The summed E-state index contributed by atoms with van der Waals surface area (Å²) in [5.74, 6) is -2.35. The van der Waals surface area contributed by atoms with E-state index >= 15 is 0 Å². The van der Waals surface area contributed by atoms with Crippen molar-refractivity contribution in [1.29, 1.82) is 0 Å². The van der Waals surface area contributed by atoms with Crippen LogP contribution < -0.4 is 14.4 Å². The number of halogens is 3. The summed E-state index contributed by atoms with van der Waals surface area (Å²) in [6, 6.07) is 13.3. The van der Waals surface area contributed by atoms with Gasteiger partial charge in [-0.2, -0.15) is 8.42 Å². The zero-order valence-corrected chi connectivity index (χ0v) is 21.4. The van der Waals surface area contributed by atoms with Crippen molar-refractivity contribution in [3.63, 3.8) is 0 Å². The fraction of sp³-hybridized carbons (Fsp3) is 0.0417. The van der Waals surface area contributed by atoms with Gasteiger partial charge in [0.15, 0.2) is 5.75 Å². The van der Waals surface area contributed by atoms with Gasteiger partial charge in [-0.05, 0) is 55.5 Å². The molecule has 4 rings (SSSR count). The molecule has 4 amide bonds. The first-order valence-electron chi connectivity index (χ1n) is 10.1. The molecule has 1 aliphatic rings. The molecule has 0 atom stereocenters. The third-order valence-electron chi connectivity index (χ3n) is 5.01. The standard InChI is InChI=1S/C24H15Cl3N2O6S/c1-13-5-7-18(8-6-13)36(33,34)35-21-14(9-16(26)12-20(21)27)10-19-22(30)28-24(32)29(23(19)31)17-4-2-3-15(25)11-17/h2-12H,1H3,(H,28,30,32)/b19-10+. The van der Waals surface area contributed by atoms with Crippen molar-refractivity contribution in [3.05, 3.63) is 92.4 Å². The molecule has 0 saturated carbocycles. The van der Waals surface area contributed by atoms with Gasteiger partial charge in [0.25, 0.3) is 11.8 Å². The summed E-state index contributed by atoms with van der Waals surface area (Å²) in [5.41, 5.74) is 0.378. The Bertz CT molecular complexity index is 1550. The summed E-state index contributed by atoms with van der Waals surface area (Å²) in [5, 5.41) is 2.22. The third kappa shape index (κ3) is 5.24. The van der Waals surface area contributed by atoms with Crippen molar-refractivity contribution in [2.75, 3.05) is 4.90 Å². The highest BCUT2D eigenvalue weighted by Crippen LogP contribution is 2.36. The number of barbiturate groups is 1. The van der Waals surface area contributed by atoms with Gasteiger partial charge < -0.3 is 4.18 Å². The van der Waals surface area contributed by atoms with E-state index in [-0.39, 0.29) is 37.0 Å². The number of carbonyl (C=O) groups excluding carboxylic acids is 3. The molecule has 184 valence electrons. The Morgan fingerprint density at radius 1 is 0.917 bits per heavy atom. The lowest BCUT2D eigenvalue weighted by molar-refractivity contribution is -0.122. The van der Waals surface area contributed by atoms with Crippen LogP contribution in [0.4, 0.5) is 10.5 Å². The molecule has 1 fully saturated rings. The lowest BCUT2D eigenvalue weighted by Crippen LogP contribution is -2.54. The number of benzene rings is 3. The molecule has 0 aromatic heterocycles. The van der Waals surface area contributed by atoms with E-state index in [1.54, 1.807) is 25.1 Å². The van der Waals surface area contributed by atoms with Crippen LogP contribution in [-0.2, 0) is 19.7 Å². The number of anilines is 1. The van der Waals surface area contributed by atoms with Crippen molar-refractivity contribution >= 4 is 74.5 Å². The highest BCUT2D eigenvalue weighted by molar-refractivity contribution is 7.87. The van der Waals surface area contributed by atoms with E-state index in [9.17, 15) is 22.8 Å². The van der Waals surface area contributed by atoms with Gasteiger partial charge in [-0.1, -0.05) is 58.6 Å². The Kier molecular flexibility index (Phi) is 7.10. The quantitative estimate of drug-likeness (QED) is 0.252. The topological polar surface area (TPSA) is 110 Å². The molecule has 0 unspecified atom stereocenters. The Morgan fingerprint density at radius 3 is 2.28 bits per heavy atom. The molecule has 1 aliphatic heterocycles. The highest BCUT2D eigenvalue weighted by Gasteiger charge is 2.37. The summed E-state index contributed by atoms with van der Waals surface area (Å²) in [7, 11) is -4.34. The number of amides is 4. The van der Waals surface area contributed by atoms with E-state index < -0.39 is 33.5 Å². The van der Waals surface area contributed by atoms with Crippen molar-refractivity contribution in [1.82, 2.24) is 5.32 Å². The van der Waals surface area contributed by atoms with Gasteiger partial charge in [0.05, 0.1) is 10.7 Å². The molecule has 12 heteroatoms. The predicted octanol–water partition coefficient (Wildman–Crippen LogP) is 5.39. The maximum absolute atomic E-state index is 13.2. The van der Waals surface area contributed by atoms with Gasteiger partial charge in [-0.3, -0.25) is 14.9 Å². The number of aryl methyl sites for hydroxylation is 1. The summed E-state index contributed by atoms with van der Waals surface area (Å²) in [4.78, 5) is 38.8. The van der Waals surface area contributed by atoms with Crippen LogP contribution in [0.3, 0.4) is 0 Å². The molecule has 8 nitrogen and oxygen atoms in total. The number of hydrogen-bond acceptors (Lipinski definition) is 6. The van der Waals surface area contributed by atoms with Gasteiger partial charge in [-0.25, -0.2) is 9.69 Å². The molecule has 1 heterocycles. The minimum absolute atomic E-state index is 0.0814. The number of nitrogens with one attached hydrogen (secondary N) is 1. The van der Waals surface area contributed by atoms with E-state index in [1.165, 1.54) is 42.5 Å². The summed E-state index contributed by atoms with van der Waals surface area (Å²) < 4.78 is 31.1. The van der Waals surface area contributed by atoms with Crippen molar-refractivity contribution < 1.29 is 27.0 Å². The predicted molar refractivity (Wildman–Crippen MR) is 136 cm³/mol. The van der Waals surface area contributed by atoms with Crippen LogP contribution in [0.5, 0.6) is 5.75 Å². The van der Waals surface area contributed by atoms with E-state index in [4.69, 9.17) is 39.0 Å². The number of urea groups is 1. The Labute approximate surface area is 221 Å². The highest BCUT2D eigenvalue weighted by atomic mass is 35.5. The second kappa shape index (κ2) is 9.94. The van der Waals surface area contributed by atoms with Gasteiger partial charge in [-0.15, -0.1) is 0 Å². The van der Waals surface area contributed by atoms with Crippen LogP contribution >= 0.6 is 34.8 Å². The number of carbonyl (C=O) groups is 3. The molecule has 0 bridgehead atoms. The minimum atomic E-state index is -4.34. The third-order valence-corrected chi connectivity index (χ3v) is 6.98. The van der Waals surface area contributed by atoms with Gasteiger partial charge in [0.1, 0.15) is 10.5 Å². The second-order valence-electron chi connectivity index (χ2n) is 7.59. The fourth-order valence-electron chi connectivity index (χ4n) is 3.30. The fourth-order valence-corrected chi connectivity index (χ4v) is 5.05. The molecular weight excluding hydrogens is 551 g/mol. The van der Waals surface area contributed by atoms with Crippen LogP contribution in [0, 0.1) is 6.92 Å². The van der Waals surface area contributed by atoms with Gasteiger partial charge in [0.2, 0.25) is 0 Å². The van der Waals surface area contributed by atoms with Crippen LogP contribution in [0.1, 0.15) is 11.1 Å². The Hall–Kier alpha value is -3.37. The van der Waals surface area contributed by atoms with Crippen molar-refractivity contribution in [2.24, 2.45) is 0 Å². The van der Waals surface area contributed by atoms with Crippen molar-refractivity contribution in [3.8, 4) is 5.75 Å². The first-order valence-corrected chi connectivity index (χ1v) is 12.7. The number of imide groups is 2. The molecule has 1 N–H and O–H groups in total. The smallest absolute Gasteiger partial charge is 0.339 e. The first-order chi connectivity index (χ1) is 17.0. The van der Waals surface area contributed by atoms with Gasteiger partial charge >= 0.3 is 16.1 Å². The largest absolute Gasteiger partial charge is 0.377 e. The Balaban J connectivity index is 1.79. The molecular formula is C24H15Cl3N2O6S. The first kappa shape index (κ1) is 25.7. The normalized spacial score (nSPS) is 15.3. The lowest BCUT2D eigenvalue weighted by atomic mass is 10.1. The van der Waals surface area contributed by atoms with E-state index in [0.717, 1.165) is 16.5 Å². The van der Waals surface area contributed by atoms with E-state index in [2.05, 4.69) is 5.32 Å². The monoisotopic (exact) mass is 564 g/mol. The summed E-state index contributed by atoms with van der Waals surface area (Å²) in [6.07, 6.45) is 1.04. The zero-order valence-electron chi connectivity index (χ0n) is 18.3. The maximum Gasteiger partial charge on any atom is 0.339 e. The zero-order chi connectivity index (χ0) is 26.2. The van der Waals surface area contributed by atoms with Crippen LogP contribution in [0.15, 0.2) is 71.1 Å². The number of nitrogens with zero attached hydrogens (tertiary/aromatic N) is 1. The summed E-state index contributed by atoms with van der Waals surface area (Å²) >= 11 is 18.3. The Morgan fingerprint density at radius 2 is 1.61 bits per heavy atom. The van der Waals surface area contributed by atoms with E-state index in [1.807, 2.05) is 0 Å². The molecule has 0 spiro atoms. The van der Waals surface area contributed by atoms with Crippen LogP contribution in [0.2, 0.25) is 15.1 Å². The minimum Gasteiger partial charge on any atom is -0.377 e. The second-order valence-corrected chi connectivity index (χ2v) is 10.4. The lowest BCUT2D eigenvalue weighted by Gasteiger charge is -2.26. The summed E-state index contributed by atoms with van der Waals surface area (Å²) in [6.45, 7) is 1.79. The molecule has 1 saturated heterocycles. The molecule has 36 heavy (non-hydrogen) atoms. The molecule has 0 radical (unpaired) electrons. The SMILES string of the molecule is Cc1ccc(S(=O)(=O)Oc2c(Cl)cc(Cl)cc2/C=C2\C(=O)NC(=O)N(c3cccc(Cl)c3)C2=O)cc1. The molecule has 3 aromatic carbocycles. The average Bonchev–Trinajstić information content (AvgIpc) is 2.79. The van der Waals surface area contributed by atoms with Crippen LogP contribution in [0.25, 0.3) is 6.08 Å². The van der Waals surface area contributed by atoms with Gasteiger partial charge in [0, 0.05) is 15.6 Å².